The number of rotatable bonds is 10. The van der Waals surface area contributed by atoms with Crippen LogP contribution in [0.5, 0.6) is 0 Å². The molecule has 12 aromatic heterocycles. The van der Waals surface area contributed by atoms with E-state index in [-0.39, 0.29) is 28.1 Å². The summed E-state index contributed by atoms with van der Waals surface area (Å²) in [6.07, 6.45) is 11.2. The maximum atomic E-state index is 12.9. The quantitative estimate of drug-likeness (QED) is 0.0564. The molecule has 0 bridgehead atoms. The Kier molecular flexibility index (Phi) is 21.1. The first-order valence-corrected chi connectivity index (χ1v) is 28.2. The molecule has 26 heteroatoms. The van der Waals surface area contributed by atoms with E-state index in [0.29, 0.717) is 81.2 Å². The molecule has 0 aromatic carbocycles. The highest BCUT2D eigenvalue weighted by Crippen LogP contribution is 2.23. The zero-order chi connectivity index (χ0) is 62.3. The lowest BCUT2D eigenvalue weighted by Crippen LogP contribution is -2.22. The largest absolute Gasteiger partial charge is 0.384 e. The van der Waals surface area contributed by atoms with Gasteiger partial charge in [0, 0.05) is 108 Å². The molecule has 0 fully saturated rings. The van der Waals surface area contributed by atoms with Crippen LogP contribution in [0.3, 0.4) is 0 Å². The van der Waals surface area contributed by atoms with E-state index in [1.54, 1.807) is 92.4 Å². The standard InChI is InChI=1S/C16H15FN4O.C15H12FIN4O.C15H13FN4O.C10H9ClN2O.C5H5FN2/c1-3-21-13-7-15(20-14-5-4-12(17)9-19-14)18-8-11(13)6-10(2)16(21)22;1-2-21-12-6-14(20-13-4-3-10(16)8-19-13)18-7-9(12)5-11(17)15(21)22;1-2-20-12-7-14(17-8-10(12)3-6-15(20)21)19-13-5-4-11(16)9-18-13;1-2-13-8-5-9(11)12-6-7(8)3-4-10(13)14;6-4-1-2-5(7)8-3-4/h4-9H,3H2,1-2H3,(H,18,19,20);3-8H,2H2,1H3,(H,18,19,20);3-9H,2H2,1H3,(H,17,18,19);3-6H,2H2,1H3;1-3H,(H2,7,8). The smallest absolute Gasteiger partial charge is 0.264 e. The number of nitrogens with one attached hydrogen (secondary N) is 3. The summed E-state index contributed by atoms with van der Waals surface area (Å²) in [7, 11) is 0. The van der Waals surface area contributed by atoms with Crippen LogP contribution in [0.25, 0.3) is 43.6 Å². The molecule has 12 aromatic rings. The number of pyridine rings is 12. The van der Waals surface area contributed by atoms with Crippen molar-refractivity contribution in [1.82, 2.24) is 58.1 Å². The summed E-state index contributed by atoms with van der Waals surface area (Å²) in [6, 6.07) is 28.5. The van der Waals surface area contributed by atoms with Gasteiger partial charge in [-0.25, -0.2) is 57.4 Å². The maximum Gasteiger partial charge on any atom is 0.264 e. The number of fused-ring (bicyclic) bond motifs is 4. The van der Waals surface area contributed by atoms with Crippen molar-refractivity contribution in [3.05, 3.63) is 238 Å². The Bertz CT molecular complexity index is 4460. The van der Waals surface area contributed by atoms with Gasteiger partial charge in [-0.3, -0.25) is 19.2 Å². The van der Waals surface area contributed by atoms with E-state index >= 15 is 0 Å². The molecule has 0 saturated carbocycles. The molecule has 12 rings (SSSR count). The van der Waals surface area contributed by atoms with E-state index in [0.717, 1.165) is 68.4 Å². The summed E-state index contributed by atoms with van der Waals surface area (Å²) in [5.74, 6) is 1.91. The minimum atomic E-state index is -0.397. The predicted molar refractivity (Wildman–Crippen MR) is 340 cm³/mol. The molecule has 0 saturated heterocycles. The van der Waals surface area contributed by atoms with Gasteiger partial charge in [0.1, 0.15) is 69.1 Å². The van der Waals surface area contributed by atoms with Crippen LogP contribution in [-0.4, -0.2) is 58.1 Å². The third-order valence-corrected chi connectivity index (χ3v) is 13.8. The van der Waals surface area contributed by atoms with Crippen LogP contribution < -0.4 is 43.9 Å². The summed E-state index contributed by atoms with van der Waals surface area (Å²) in [5.41, 5.74) is 8.98. The van der Waals surface area contributed by atoms with Gasteiger partial charge < -0.3 is 40.0 Å². The molecule has 0 unspecified atom stereocenters. The molecule has 0 radical (unpaired) electrons. The highest BCUT2D eigenvalue weighted by atomic mass is 127. The predicted octanol–water partition coefficient (Wildman–Crippen LogP) is 11.9. The molecule has 5 N–H and O–H groups in total. The van der Waals surface area contributed by atoms with Gasteiger partial charge in [-0.2, -0.15) is 0 Å². The van der Waals surface area contributed by atoms with Gasteiger partial charge in [-0.15, -0.1) is 0 Å². The molecule has 0 aliphatic carbocycles. The lowest BCUT2D eigenvalue weighted by molar-refractivity contribution is 0.621. The van der Waals surface area contributed by atoms with Gasteiger partial charge in [-0.05, 0) is 136 Å². The fraction of sp³-hybridized carbons (Fsp3) is 0.148. The van der Waals surface area contributed by atoms with E-state index in [9.17, 15) is 36.7 Å². The fourth-order valence-corrected chi connectivity index (χ4v) is 9.40. The second kappa shape index (κ2) is 29.2. The summed E-state index contributed by atoms with van der Waals surface area (Å²) in [4.78, 5) is 79.8. The van der Waals surface area contributed by atoms with Gasteiger partial charge in [0.2, 0.25) is 0 Å². The van der Waals surface area contributed by atoms with E-state index in [2.05, 4.69) is 55.8 Å². The number of anilines is 7. The van der Waals surface area contributed by atoms with Crippen molar-refractivity contribution in [2.24, 2.45) is 0 Å². The Morgan fingerprint density at radius 1 is 0.414 bits per heavy atom. The van der Waals surface area contributed by atoms with Gasteiger partial charge in [0.25, 0.3) is 22.2 Å². The van der Waals surface area contributed by atoms with Crippen LogP contribution in [0.4, 0.5) is 58.3 Å². The highest BCUT2D eigenvalue weighted by Gasteiger charge is 2.11. The topological polar surface area (TPSA) is 253 Å². The highest BCUT2D eigenvalue weighted by molar-refractivity contribution is 14.1. The van der Waals surface area contributed by atoms with Crippen LogP contribution in [0, 0.1) is 33.8 Å². The molecule has 0 aliphatic rings. The van der Waals surface area contributed by atoms with E-state index in [1.165, 1.54) is 54.6 Å². The molecule has 0 spiro atoms. The average Bonchev–Trinajstić information content (AvgIpc) is 1.46. The van der Waals surface area contributed by atoms with Crippen molar-refractivity contribution in [3.63, 3.8) is 0 Å². The molecule has 0 aliphatic heterocycles. The van der Waals surface area contributed by atoms with Crippen molar-refractivity contribution < 1.29 is 17.6 Å². The van der Waals surface area contributed by atoms with Crippen molar-refractivity contribution in [1.29, 1.82) is 0 Å². The van der Waals surface area contributed by atoms with Crippen LogP contribution >= 0.6 is 34.2 Å². The van der Waals surface area contributed by atoms with Crippen molar-refractivity contribution in [3.8, 4) is 0 Å². The fourth-order valence-electron chi connectivity index (χ4n) is 8.62. The molecular formula is C61H54ClF4IN16O4. The van der Waals surface area contributed by atoms with Crippen LogP contribution in [0.15, 0.2) is 178 Å². The number of nitrogens with zero attached hydrogens (tertiary/aromatic N) is 12. The second-order valence-electron chi connectivity index (χ2n) is 18.6. The third-order valence-electron chi connectivity index (χ3n) is 12.8. The maximum absolute atomic E-state index is 12.9. The molecular weight excluding hydrogens is 1260 g/mol. The summed E-state index contributed by atoms with van der Waals surface area (Å²) in [5, 5.41) is 13.0. The number of nitrogen functional groups attached to an aromatic ring is 1. The number of aryl methyl sites for hydroxylation is 5. The molecule has 12 heterocycles. The first kappa shape index (κ1) is 63.0. The van der Waals surface area contributed by atoms with Crippen molar-refractivity contribution >= 4 is 119 Å². The summed E-state index contributed by atoms with van der Waals surface area (Å²) < 4.78 is 57.9. The Labute approximate surface area is 511 Å². The normalized spacial score (nSPS) is 10.7. The minimum absolute atomic E-state index is 0.00735. The number of aromatic nitrogens is 12. The zero-order valence-corrected chi connectivity index (χ0v) is 50.1. The van der Waals surface area contributed by atoms with E-state index in [1.807, 2.05) is 62.4 Å². The van der Waals surface area contributed by atoms with Gasteiger partial charge in [-0.1, -0.05) is 11.6 Å². The Balaban J connectivity index is 0.000000146. The third kappa shape index (κ3) is 16.2. The molecule has 0 atom stereocenters. The Morgan fingerprint density at radius 3 is 1.16 bits per heavy atom. The van der Waals surface area contributed by atoms with Crippen molar-refractivity contribution in [2.45, 2.75) is 60.8 Å². The van der Waals surface area contributed by atoms with Crippen LogP contribution in [0.1, 0.15) is 33.3 Å². The monoisotopic (exact) mass is 1310 g/mol. The number of nitrogens with two attached hydrogens (primary N) is 1. The van der Waals surface area contributed by atoms with Crippen molar-refractivity contribution in [2.75, 3.05) is 21.7 Å². The molecule has 0 amide bonds. The lowest BCUT2D eigenvalue weighted by Gasteiger charge is -2.11. The first-order chi connectivity index (χ1) is 41.8. The number of halogens is 6. The van der Waals surface area contributed by atoms with E-state index < -0.39 is 17.5 Å². The summed E-state index contributed by atoms with van der Waals surface area (Å²) in [6.45, 7) is 11.8. The number of hydrogen-bond acceptors (Lipinski definition) is 16. The van der Waals surface area contributed by atoms with Gasteiger partial charge in [0.15, 0.2) is 0 Å². The molecule has 444 valence electrons. The zero-order valence-electron chi connectivity index (χ0n) is 47.2. The number of hydrogen-bond donors (Lipinski definition) is 4. The van der Waals surface area contributed by atoms with Gasteiger partial charge in [0.05, 0.1) is 50.4 Å². The Morgan fingerprint density at radius 2 is 0.770 bits per heavy atom. The molecule has 87 heavy (non-hydrogen) atoms. The summed E-state index contributed by atoms with van der Waals surface area (Å²) >= 11 is 7.80. The van der Waals surface area contributed by atoms with Gasteiger partial charge >= 0.3 is 0 Å². The second-order valence-corrected chi connectivity index (χ2v) is 20.1. The Hall–Kier alpha value is -10.0. The molecule has 20 nitrogen and oxygen atoms in total. The average molecular weight is 1310 g/mol. The van der Waals surface area contributed by atoms with E-state index in [4.69, 9.17) is 17.3 Å². The first-order valence-electron chi connectivity index (χ1n) is 26.7. The SMILES string of the molecule is CCn1c(=O)c(C)cc2cnc(Nc3ccc(F)cn3)cc21.CCn1c(=O)c(I)cc2cnc(Nc3ccc(F)cn3)cc21.CCn1c(=O)ccc2cnc(Cl)cc21.CCn1c(=O)ccc2cnc(Nc3ccc(F)cn3)cc21.Nc1ccc(F)cn1. The minimum Gasteiger partial charge on any atom is -0.384 e. The van der Waals surface area contributed by atoms with Crippen LogP contribution in [0.2, 0.25) is 5.15 Å². The lowest BCUT2D eigenvalue weighted by atomic mass is 10.2. The van der Waals surface area contributed by atoms with Crippen LogP contribution in [-0.2, 0) is 26.2 Å².